The molecule has 1 unspecified atom stereocenters. The van der Waals surface area contributed by atoms with Crippen molar-refractivity contribution in [2.75, 3.05) is 23.8 Å². The van der Waals surface area contributed by atoms with Gasteiger partial charge in [-0.3, -0.25) is 4.79 Å². The van der Waals surface area contributed by atoms with E-state index in [0.29, 0.717) is 6.54 Å². The van der Waals surface area contributed by atoms with Crippen LogP contribution in [0, 0.1) is 0 Å². The van der Waals surface area contributed by atoms with Crippen molar-refractivity contribution < 1.29 is 4.79 Å². The van der Waals surface area contributed by atoms with Gasteiger partial charge in [0.15, 0.2) is 0 Å². The van der Waals surface area contributed by atoms with Crippen LogP contribution in [0.2, 0.25) is 0 Å². The molecule has 1 saturated heterocycles. The van der Waals surface area contributed by atoms with E-state index in [1.165, 1.54) is 0 Å². The van der Waals surface area contributed by atoms with Gasteiger partial charge in [-0.05, 0) is 13.8 Å². The Morgan fingerprint density at radius 1 is 1.53 bits per heavy atom. The Hall–Kier alpha value is 0.420. The summed E-state index contributed by atoms with van der Waals surface area (Å²) in [6.45, 7) is 4.38. The number of hydrogen-bond acceptors (Lipinski definition) is 4. The minimum absolute atomic E-state index is 0. The van der Waals surface area contributed by atoms with Crippen LogP contribution in [0.3, 0.4) is 0 Å². The average molecular weight is 271 g/mol. The largest absolute Gasteiger partial charge is 0.349 e. The van der Waals surface area contributed by atoms with Crippen LogP contribution < -0.4 is 11.1 Å². The van der Waals surface area contributed by atoms with Crippen molar-refractivity contribution in [1.82, 2.24) is 5.32 Å². The molecule has 6 heteroatoms. The molecule has 0 bridgehead atoms. The molecule has 1 atom stereocenters. The van der Waals surface area contributed by atoms with Crippen molar-refractivity contribution in [1.29, 1.82) is 0 Å². The molecule has 1 fully saturated rings. The lowest BCUT2D eigenvalue weighted by Crippen LogP contribution is -2.52. The summed E-state index contributed by atoms with van der Waals surface area (Å²) in [6, 6.07) is 0. The Morgan fingerprint density at radius 3 is 2.67 bits per heavy atom. The van der Waals surface area contributed by atoms with Crippen molar-refractivity contribution in [3.8, 4) is 0 Å². The smallest absolute Gasteiger partial charge is 0.234 e. The summed E-state index contributed by atoms with van der Waals surface area (Å²) < 4.78 is 0. The topological polar surface area (TPSA) is 55.1 Å². The number of carbonyl (C=O) groups excluding carboxylic acids is 1. The van der Waals surface area contributed by atoms with Gasteiger partial charge in [0.05, 0.1) is 5.25 Å². The molecule has 90 valence electrons. The van der Waals surface area contributed by atoms with Gasteiger partial charge in [-0.1, -0.05) is 0 Å². The van der Waals surface area contributed by atoms with E-state index in [9.17, 15) is 4.79 Å². The first-order valence-electron chi connectivity index (χ1n) is 4.76. The number of amides is 1. The van der Waals surface area contributed by atoms with Crippen molar-refractivity contribution in [2.45, 2.75) is 24.6 Å². The second-order valence-electron chi connectivity index (χ2n) is 4.01. The predicted octanol–water partition coefficient (Wildman–Crippen LogP) is 1.11. The standard InChI is InChI=1S/C9H18N2OS2.ClH/c1-9(2,6-10)11-8(12)7-5-13-3-4-14-7;/h7H,3-6,10H2,1-2H3,(H,11,12);1H. The van der Waals surface area contributed by atoms with Gasteiger partial charge in [-0.15, -0.1) is 24.2 Å². The first kappa shape index (κ1) is 15.4. The van der Waals surface area contributed by atoms with Gasteiger partial charge in [0.25, 0.3) is 0 Å². The second-order valence-corrected chi connectivity index (χ2v) is 6.47. The molecule has 3 nitrogen and oxygen atoms in total. The highest BCUT2D eigenvalue weighted by Crippen LogP contribution is 2.24. The summed E-state index contributed by atoms with van der Waals surface area (Å²) in [6.07, 6.45) is 0. The number of halogens is 1. The molecule has 0 aliphatic carbocycles. The lowest BCUT2D eigenvalue weighted by Gasteiger charge is -2.28. The molecule has 0 aromatic heterocycles. The molecule has 0 radical (unpaired) electrons. The third-order valence-electron chi connectivity index (χ3n) is 2.08. The third kappa shape index (κ3) is 5.33. The first-order chi connectivity index (χ1) is 6.55. The Kier molecular flexibility index (Phi) is 7.08. The fourth-order valence-corrected chi connectivity index (χ4v) is 3.66. The summed E-state index contributed by atoms with van der Waals surface area (Å²) in [5.41, 5.74) is 5.28. The molecule has 3 N–H and O–H groups in total. The normalized spacial score (nSPS) is 21.7. The number of hydrogen-bond donors (Lipinski definition) is 2. The molecule has 0 aromatic rings. The van der Waals surface area contributed by atoms with Crippen LogP contribution in [0.4, 0.5) is 0 Å². The highest BCUT2D eigenvalue weighted by molar-refractivity contribution is 8.07. The van der Waals surface area contributed by atoms with Crippen LogP contribution in [0.15, 0.2) is 0 Å². The fraction of sp³-hybridized carbons (Fsp3) is 0.889. The van der Waals surface area contributed by atoms with E-state index in [4.69, 9.17) is 5.73 Å². The van der Waals surface area contributed by atoms with Crippen LogP contribution in [0.5, 0.6) is 0 Å². The zero-order valence-electron chi connectivity index (χ0n) is 9.12. The van der Waals surface area contributed by atoms with Crippen LogP contribution in [-0.2, 0) is 4.79 Å². The van der Waals surface area contributed by atoms with Crippen LogP contribution >= 0.6 is 35.9 Å². The van der Waals surface area contributed by atoms with Crippen molar-refractivity contribution in [3.05, 3.63) is 0 Å². The number of nitrogens with two attached hydrogens (primary N) is 1. The summed E-state index contributed by atoms with van der Waals surface area (Å²) in [7, 11) is 0. The molecule has 15 heavy (non-hydrogen) atoms. The van der Waals surface area contributed by atoms with Crippen LogP contribution in [0.25, 0.3) is 0 Å². The summed E-state index contributed by atoms with van der Waals surface area (Å²) in [4.78, 5) is 11.8. The lowest BCUT2D eigenvalue weighted by atomic mass is 10.1. The van der Waals surface area contributed by atoms with Gasteiger partial charge in [-0.2, -0.15) is 11.8 Å². The van der Waals surface area contributed by atoms with Gasteiger partial charge in [0.2, 0.25) is 5.91 Å². The lowest BCUT2D eigenvalue weighted by molar-refractivity contribution is -0.121. The Balaban J connectivity index is 0.00000196. The molecule has 1 amide bonds. The van der Waals surface area contributed by atoms with E-state index in [1.54, 1.807) is 11.8 Å². The van der Waals surface area contributed by atoms with E-state index >= 15 is 0 Å². The first-order valence-corrected chi connectivity index (χ1v) is 6.97. The maximum Gasteiger partial charge on any atom is 0.234 e. The van der Waals surface area contributed by atoms with Crippen LogP contribution in [0.1, 0.15) is 13.8 Å². The quantitative estimate of drug-likeness (QED) is 0.807. The zero-order chi connectivity index (χ0) is 10.6. The summed E-state index contributed by atoms with van der Waals surface area (Å²) in [5, 5.41) is 3.09. The van der Waals surface area contributed by atoms with E-state index in [1.807, 2.05) is 25.6 Å². The van der Waals surface area contributed by atoms with Gasteiger partial charge in [0, 0.05) is 29.3 Å². The number of carbonyl (C=O) groups is 1. The molecular formula is C9H19ClN2OS2. The van der Waals surface area contributed by atoms with E-state index in [2.05, 4.69) is 5.32 Å². The van der Waals surface area contributed by atoms with Crippen molar-refractivity contribution in [3.63, 3.8) is 0 Å². The monoisotopic (exact) mass is 270 g/mol. The van der Waals surface area contributed by atoms with Crippen molar-refractivity contribution >= 4 is 41.8 Å². The molecule has 0 saturated carbocycles. The molecule has 1 aliphatic heterocycles. The zero-order valence-corrected chi connectivity index (χ0v) is 11.6. The Labute approximate surface area is 106 Å². The Bertz CT molecular complexity index is 208. The Morgan fingerprint density at radius 2 is 2.20 bits per heavy atom. The molecule has 1 rings (SSSR count). The van der Waals surface area contributed by atoms with Crippen molar-refractivity contribution in [2.24, 2.45) is 5.73 Å². The molecule has 0 aromatic carbocycles. The van der Waals surface area contributed by atoms with E-state index in [0.717, 1.165) is 17.3 Å². The maximum absolute atomic E-state index is 11.8. The minimum Gasteiger partial charge on any atom is -0.349 e. The number of thioether (sulfide) groups is 2. The number of rotatable bonds is 3. The SMILES string of the molecule is CC(C)(CN)NC(=O)C1CSCCS1.Cl. The molecule has 0 spiro atoms. The molecular weight excluding hydrogens is 252 g/mol. The van der Waals surface area contributed by atoms with Gasteiger partial charge in [0.1, 0.15) is 0 Å². The highest BCUT2D eigenvalue weighted by atomic mass is 35.5. The fourth-order valence-electron chi connectivity index (χ4n) is 1.10. The van der Waals surface area contributed by atoms with E-state index in [-0.39, 0.29) is 29.1 Å². The van der Waals surface area contributed by atoms with Gasteiger partial charge < -0.3 is 11.1 Å². The molecule has 1 heterocycles. The average Bonchev–Trinajstić information content (AvgIpc) is 2.19. The summed E-state index contributed by atoms with van der Waals surface area (Å²) >= 11 is 3.60. The highest BCUT2D eigenvalue weighted by Gasteiger charge is 2.26. The van der Waals surface area contributed by atoms with Gasteiger partial charge in [-0.25, -0.2) is 0 Å². The van der Waals surface area contributed by atoms with Gasteiger partial charge >= 0.3 is 0 Å². The van der Waals surface area contributed by atoms with Crippen LogP contribution in [-0.4, -0.2) is 40.5 Å². The number of nitrogens with one attached hydrogen (secondary N) is 1. The third-order valence-corrected chi connectivity index (χ3v) is 4.83. The molecule has 1 aliphatic rings. The van der Waals surface area contributed by atoms with E-state index < -0.39 is 0 Å². The minimum atomic E-state index is -0.278. The maximum atomic E-state index is 11.8. The second kappa shape index (κ2) is 6.89. The predicted molar refractivity (Wildman–Crippen MR) is 72.1 cm³/mol. The summed E-state index contributed by atoms with van der Waals surface area (Å²) in [5.74, 6) is 3.30.